The maximum atomic E-state index is 10.5. The Hall–Kier alpha value is -1.78. The van der Waals surface area contributed by atoms with E-state index in [1.54, 1.807) is 13.2 Å². The van der Waals surface area contributed by atoms with Crippen molar-refractivity contribution in [3.05, 3.63) is 64.3 Å². The van der Waals surface area contributed by atoms with Crippen molar-refractivity contribution < 1.29 is 14.3 Å². The second-order valence-corrected chi connectivity index (χ2v) is 5.33. The topological polar surface area (TPSA) is 42.6 Å². The number of hydrogen-bond donors (Lipinski definition) is 1. The van der Waals surface area contributed by atoms with Crippen molar-refractivity contribution in [3.63, 3.8) is 0 Å². The Kier molecular flexibility index (Phi) is 3.51. The smallest absolute Gasteiger partial charge is 0.138 e. The molecule has 0 amide bonds. The van der Waals surface area contributed by atoms with Crippen LogP contribution in [0.25, 0.3) is 11.0 Å². The average Bonchev–Trinajstić information content (AvgIpc) is 2.91. The van der Waals surface area contributed by atoms with Gasteiger partial charge in [-0.25, -0.2) is 0 Å². The summed E-state index contributed by atoms with van der Waals surface area (Å²) in [6.07, 6.45) is -0.841. The monoisotopic (exact) mass is 332 g/mol. The largest absolute Gasteiger partial charge is 0.497 e. The molecule has 0 spiro atoms. The van der Waals surface area contributed by atoms with Gasteiger partial charge >= 0.3 is 0 Å². The normalized spacial score (nSPS) is 12.6. The first-order chi connectivity index (χ1) is 9.69. The van der Waals surface area contributed by atoms with Crippen molar-refractivity contribution in [2.75, 3.05) is 7.11 Å². The lowest BCUT2D eigenvalue weighted by molar-refractivity contribution is 0.191. The SMILES string of the molecule is COc1ccc(Br)c(C(O)c2cc3ccccc3o2)c1. The minimum Gasteiger partial charge on any atom is -0.497 e. The fourth-order valence-corrected chi connectivity index (χ4v) is 2.61. The van der Waals surface area contributed by atoms with Crippen LogP contribution in [0.5, 0.6) is 5.75 Å². The highest BCUT2D eigenvalue weighted by molar-refractivity contribution is 9.10. The third-order valence-electron chi connectivity index (χ3n) is 3.21. The fraction of sp³-hybridized carbons (Fsp3) is 0.125. The number of ether oxygens (including phenoxy) is 1. The van der Waals surface area contributed by atoms with Gasteiger partial charge in [-0.15, -0.1) is 0 Å². The van der Waals surface area contributed by atoms with Gasteiger partial charge < -0.3 is 14.3 Å². The van der Waals surface area contributed by atoms with Crippen molar-refractivity contribution in [2.45, 2.75) is 6.10 Å². The Morgan fingerprint density at radius 2 is 1.95 bits per heavy atom. The van der Waals surface area contributed by atoms with E-state index in [1.165, 1.54) is 0 Å². The van der Waals surface area contributed by atoms with Crippen molar-refractivity contribution >= 4 is 26.9 Å². The number of para-hydroxylation sites is 1. The molecular weight excluding hydrogens is 320 g/mol. The molecule has 0 aliphatic heterocycles. The van der Waals surface area contributed by atoms with Crippen LogP contribution in [-0.2, 0) is 0 Å². The van der Waals surface area contributed by atoms with Gasteiger partial charge in [0.25, 0.3) is 0 Å². The van der Waals surface area contributed by atoms with Gasteiger partial charge in [-0.3, -0.25) is 0 Å². The molecule has 0 aliphatic carbocycles. The molecule has 4 heteroatoms. The highest BCUT2D eigenvalue weighted by Crippen LogP contribution is 2.34. The molecule has 20 heavy (non-hydrogen) atoms. The Morgan fingerprint density at radius 3 is 2.70 bits per heavy atom. The molecule has 0 saturated carbocycles. The number of rotatable bonds is 3. The zero-order chi connectivity index (χ0) is 14.1. The molecule has 1 atom stereocenters. The lowest BCUT2D eigenvalue weighted by Crippen LogP contribution is -1.99. The van der Waals surface area contributed by atoms with Gasteiger partial charge in [-0.05, 0) is 30.3 Å². The van der Waals surface area contributed by atoms with Crippen LogP contribution in [0.2, 0.25) is 0 Å². The third kappa shape index (κ3) is 2.32. The van der Waals surface area contributed by atoms with Gasteiger partial charge in [-0.1, -0.05) is 34.1 Å². The van der Waals surface area contributed by atoms with E-state index in [0.29, 0.717) is 17.1 Å². The number of aliphatic hydroxyl groups excluding tert-OH is 1. The molecule has 1 heterocycles. The number of benzene rings is 2. The third-order valence-corrected chi connectivity index (χ3v) is 3.93. The van der Waals surface area contributed by atoms with Crippen LogP contribution >= 0.6 is 15.9 Å². The summed E-state index contributed by atoms with van der Waals surface area (Å²) in [5.74, 6) is 1.21. The van der Waals surface area contributed by atoms with Crippen LogP contribution in [-0.4, -0.2) is 12.2 Å². The van der Waals surface area contributed by atoms with Crippen molar-refractivity contribution in [1.29, 1.82) is 0 Å². The standard InChI is InChI=1S/C16H13BrO3/c1-19-11-6-7-13(17)12(9-11)16(18)15-8-10-4-2-3-5-14(10)20-15/h2-9,16,18H,1H3. The van der Waals surface area contributed by atoms with E-state index >= 15 is 0 Å². The summed E-state index contributed by atoms with van der Waals surface area (Å²) in [5, 5.41) is 11.5. The predicted octanol–water partition coefficient (Wildman–Crippen LogP) is 4.29. The summed E-state index contributed by atoms with van der Waals surface area (Å²) in [4.78, 5) is 0. The summed E-state index contributed by atoms with van der Waals surface area (Å²) in [5.41, 5.74) is 1.48. The minimum atomic E-state index is -0.841. The summed E-state index contributed by atoms with van der Waals surface area (Å²) >= 11 is 3.44. The molecule has 102 valence electrons. The summed E-state index contributed by atoms with van der Waals surface area (Å²) in [6.45, 7) is 0. The molecule has 0 bridgehead atoms. The minimum absolute atomic E-state index is 0.514. The van der Waals surface area contributed by atoms with E-state index in [-0.39, 0.29) is 0 Å². The lowest BCUT2D eigenvalue weighted by Gasteiger charge is -2.11. The van der Waals surface area contributed by atoms with E-state index in [9.17, 15) is 5.11 Å². The number of hydrogen-bond acceptors (Lipinski definition) is 3. The first kappa shape index (κ1) is 13.2. The summed E-state index contributed by atoms with van der Waals surface area (Å²) < 4.78 is 11.7. The zero-order valence-electron chi connectivity index (χ0n) is 10.8. The van der Waals surface area contributed by atoms with Crippen LogP contribution in [0, 0.1) is 0 Å². The molecule has 2 aromatic carbocycles. The summed E-state index contributed by atoms with van der Waals surface area (Å²) in [6, 6.07) is 15.0. The average molecular weight is 333 g/mol. The second kappa shape index (κ2) is 5.31. The second-order valence-electron chi connectivity index (χ2n) is 4.48. The van der Waals surface area contributed by atoms with Gasteiger partial charge in [0.1, 0.15) is 23.2 Å². The van der Waals surface area contributed by atoms with Gasteiger partial charge in [0.2, 0.25) is 0 Å². The maximum Gasteiger partial charge on any atom is 0.138 e. The summed E-state index contributed by atoms with van der Waals surface area (Å²) in [7, 11) is 1.60. The molecule has 0 fully saturated rings. The molecule has 1 N–H and O–H groups in total. The first-order valence-corrected chi connectivity index (χ1v) is 6.98. The molecule has 0 aliphatic rings. The number of aliphatic hydroxyl groups is 1. The van der Waals surface area contributed by atoms with E-state index in [0.717, 1.165) is 15.4 Å². The molecule has 3 nitrogen and oxygen atoms in total. The highest BCUT2D eigenvalue weighted by Gasteiger charge is 2.18. The molecular formula is C16H13BrO3. The molecule has 0 saturated heterocycles. The fourth-order valence-electron chi connectivity index (χ4n) is 2.15. The highest BCUT2D eigenvalue weighted by atomic mass is 79.9. The van der Waals surface area contributed by atoms with Crippen LogP contribution in [0.1, 0.15) is 17.4 Å². The van der Waals surface area contributed by atoms with Crippen LogP contribution < -0.4 is 4.74 Å². The number of methoxy groups -OCH3 is 1. The Bertz CT molecular complexity index is 715. The first-order valence-electron chi connectivity index (χ1n) is 6.19. The number of furan rings is 1. The molecule has 0 radical (unpaired) electrons. The van der Waals surface area contributed by atoms with Gasteiger partial charge in [0, 0.05) is 15.4 Å². The van der Waals surface area contributed by atoms with Gasteiger partial charge in [0.05, 0.1) is 7.11 Å². The number of halogens is 1. The van der Waals surface area contributed by atoms with E-state index < -0.39 is 6.10 Å². The zero-order valence-corrected chi connectivity index (χ0v) is 12.4. The Balaban J connectivity index is 2.05. The molecule has 3 aromatic rings. The van der Waals surface area contributed by atoms with E-state index in [4.69, 9.17) is 9.15 Å². The van der Waals surface area contributed by atoms with Gasteiger partial charge in [0.15, 0.2) is 0 Å². The van der Waals surface area contributed by atoms with Crippen molar-refractivity contribution in [1.82, 2.24) is 0 Å². The lowest BCUT2D eigenvalue weighted by atomic mass is 10.1. The predicted molar refractivity (Wildman–Crippen MR) is 81.0 cm³/mol. The Labute approximate surface area is 124 Å². The quantitative estimate of drug-likeness (QED) is 0.778. The molecule has 3 rings (SSSR count). The van der Waals surface area contributed by atoms with E-state index in [2.05, 4.69) is 15.9 Å². The maximum absolute atomic E-state index is 10.5. The van der Waals surface area contributed by atoms with Crippen LogP contribution in [0.4, 0.5) is 0 Å². The molecule has 1 unspecified atom stereocenters. The molecule has 1 aromatic heterocycles. The van der Waals surface area contributed by atoms with Crippen LogP contribution in [0.3, 0.4) is 0 Å². The van der Waals surface area contributed by atoms with E-state index in [1.807, 2.05) is 42.5 Å². The Morgan fingerprint density at radius 1 is 1.15 bits per heavy atom. The van der Waals surface area contributed by atoms with Crippen LogP contribution in [0.15, 0.2) is 57.4 Å². The van der Waals surface area contributed by atoms with Crippen molar-refractivity contribution in [2.24, 2.45) is 0 Å². The van der Waals surface area contributed by atoms with Crippen molar-refractivity contribution in [3.8, 4) is 5.75 Å². The van der Waals surface area contributed by atoms with Gasteiger partial charge in [-0.2, -0.15) is 0 Å². The number of fused-ring (bicyclic) bond motifs is 1.